The predicted molar refractivity (Wildman–Crippen MR) is 108 cm³/mol. The van der Waals surface area contributed by atoms with Gasteiger partial charge in [0.25, 0.3) is 0 Å². The van der Waals surface area contributed by atoms with Crippen LogP contribution in [-0.2, 0) is 25.1 Å². The number of hydrogen-bond acceptors (Lipinski definition) is 6. The third-order valence-corrected chi connectivity index (χ3v) is 5.41. The van der Waals surface area contributed by atoms with E-state index in [-0.39, 0.29) is 11.9 Å². The molecule has 2 aromatic rings. The number of aryl methyl sites for hydroxylation is 2. The summed E-state index contributed by atoms with van der Waals surface area (Å²) < 4.78 is 35.7. The van der Waals surface area contributed by atoms with E-state index >= 15 is 0 Å². The monoisotopic (exact) mass is 408 g/mol. The van der Waals surface area contributed by atoms with Crippen molar-refractivity contribution in [3.8, 4) is 11.5 Å². The maximum Gasteiger partial charge on any atom is 0.235 e. The van der Waals surface area contributed by atoms with Crippen LogP contribution in [-0.4, -0.2) is 44.3 Å². The molecule has 1 aromatic heterocycles. The molecule has 28 heavy (non-hydrogen) atoms. The van der Waals surface area contributed by atoms with Crippen molar-refractivity contribution in [1.29, 1.82) is 0 Å². The second kappa shape index (κ2) is 9.84. The van der Waals surface area contributed by atoms with Crippen molar-refractivity contribution in [3.05, 3.63) is 41.3 Å². The molecule has 0 bridgehead atoms. The van der Waals surface area contributed by atoms with Crippen LogP contribution in [0.3, 0.4) is 0 Å². The van der Waals surface area contributed by atoms with Gasteiger partial charge in [0, 0.05) is 18.7 Å². The number of oxazole rings is 1. The van der Waals surface area contributed by atoms with Gasteiger partial charge in [-0.3, -0.25) is 4.79 Å². The number of rotatable bonds is 10. The van der Waals surface area contributed by atoms with Gasteiger partial charge in [-0.25, -0.2) is 13.4 Å². The number of nitrogens with zero attached hydrogens (tertiary/aromatic N) is 1. The van der Waals surface area contributed by atoms with Gasteiger partial charge in [0.2, 0.25) is 11.8 Å². The summed E-state index contributed by atoms with van der Waals surface area (Å²) in [5.41, 5.74) is 2.21. The minimum atomic E-state index is -3.65. The first-order valence-corrected chi connectivity index (χ1v) is 11.1. The Morgan fingerprint density at radius 1 is 1.21 bits per heavy atom. The lowest BCUT2D eigenvalue weighted by Gasteiger charge is -2.08. The van der Waals surface area contributed by atoms with E-state index in [1.807, 2.05) is 45.0 Å². The number of carbonyl (C=O) groups excluding carboxylic acids is 1. The Kier molecular flexibility index (Phi) is 7.77. The first-order valence-electron chi connectivity index (χ1n) is 9.28. The maximum atomic E-state index is 12.4. The van der Waals surface area contributed by atoms with Crippen LogP contribution in [0.4, 0.5) is 0 Å². The van der Waals surface area contributed by atoms with Crippen LogP contribution in [0.5, 0.6) is 0 Å². The Balaban J connectivity index is 1.91. The molecular weight excluding hydrogens is 380 g/mol. The molecule has 0 saturated heterocycles. The van der Waals surface area contributed by atoms with Crippen molar-refractivity contribution >= 4 is 15.7 Å². The molecule has 0 saturated carbocycles. The number of aromatic nitrogens is 1. The molecule has 0 fully saturated rings. The lowest BCUT2D eigenvalue weighted by Crippen LogP contribution is -2.32. The van der Waals surface area contributed by atoms with E-state index < -0.39 is 21.5 Å². The highest BCUT2D eigenvalue weighted by molar-refractivity contribution is 7.91. The van der Waals surface area contributed by atoms with Crippen molar-refractivity contribution in [2.24, 2.45) is 0 Å². The van der Waals surface area contributed by atoms with Gasteiger partial charge in [0.05, 0.1) is 17.6 Å². The van der Waals surface area contributed by atoms with Gasteiger partial charge in [-0.2, -0.15) is 0 Å². The van der Waals surface area contributed by atoms with Crippen LogP contribution in [0, 0.1) is 13.8 Å². The maximum absolute atomic E-state index is 12.4. The van der Waals surface area contributed by atoms with Crippen molar-refractivity contribution in [1.82, 2.24) is 10.3 Å². The summed E-state index contributed by atoms with van der Waals surface area (Å²) in [4.78, 5) is 16.2. The zero-order valence-electron chi connectivity index (χ0n) is 16.8. The molecule has 1 heterocycles. The van der Waals surface area contributed by atoms with E-state index in [0.29, 0.717) is 36.9 Å². The Hall–Kier alpha value is -2.19. The van der Waals surface area contributed by atoms with Crippen LogP contribution in [0.15, 0.2) is 28.7 Å². The van der Waals surface area contributed by atoms with Crippen LogP contribution in [0.2, 0.25) is 0 Å². The van der Waals surface area contributed by atoms with E-state index in [2.05, 4.69) is 10.3 Å². The lowest BCUT2D eigenvalue weighted by atomic mass is 10.1. The van der Waals surface area contributed by atoms with Crippen molar-refractivity contribution in [3.63, 3.8) is 0 Å². The minimum absolute atomic E-state index is 0.131. The largest absolute Gasteiger partial charge is 0.441 e. The summed E-state index contributed by atoms with van der Waals surface area (Å²) in [6.07, 6.45) is 0.762. The number of sulfone groups is 1. The predicted octanol–water partition coefficient (Wildman–Crippen LogP) is 2.80. The number of benzene rings is 1. The standard InChI is InChI=1S/C20H28N2O5S/c1-14(2)26-11-5-10-21-19(23)13-28(24,25)12-18-16(4)27-20(22-18)17-8-6-15(3)7-9-17/h6-9,14H,5,10-13H2,1-4H3,(H,21,23). The second-order valence-electron chi connectivity index (χ2n) is 7.04. The van der Waals surface area contributed by atoms with Crippen molar-refractivity contribution in [2.75, 3.05) is 18.9 Å². The zero-order valence-corrected chi connectivity index (χ0v) is 17.6. The smallest absolute Gasteiger partial charge is 0.235 e. The summed E-state index contributed by atoms with van der Waals surface area (Å²) in [6.45, 7) is 8.41. The van der Waals surface area contributed by atoms with Gasteiger partial charge in [0.15, 0.2) is 9.84 Å². The summed E-state index contributed by atoms with van der Waals surface area (Å²) in [5.74, 6) is -0.630. The molecule has 0 aliphatic carbocycles. The van der Waals surface area contributed by atoms with Gasteiger partial charge in [-0.05, 0) is 46.2 Å². The molecule has 154 valence electrons. The quantitative estimate of drug-likeness (QED) is 0.607. The van der Waals surface area contributed by atoms with Crippen molar-refractivity contribution < 1.29 is 22.4 Å². The molecule has 0 spiro atoms. The van der Waals surface area contributed by atoms with Gasteiger partial charge < -0.3 is 14.5 Å². The highest BCUT2D eigenvalue weighted by Gasteiger charge is 2.22. The van der Waals surface area contributed by atoms with Crippen molar-refractivity contribution in [2.45, 2.75) is 46.0 Å². The summed E-state index contributed by atoms with van der Waals surface area (Å²) in [5, 5.41) is 2.61. The Morgan fingerprint density at radius 3 is 2.54 bits per heavy atom. The van der Waals surface area contributed by atoms with Gasteiger partial charge in [-0.15, -0.1) is 0 Å². The first-order chi connectivity index (χ1) is 13.2. The van der Waals surface area contributed by atoms with Crippen LogP contribution in [0.25, 0.3) is 11.5 Å². The average Bonchev–Trinajstić information content (AvgIpc) is 2.94. The summed E-state index contributed by atoms with van der Waals surface area (Å²) >= 11 is 0. The number of ether oxygens (including phenoxy) is 1. The lowest BCUT2D eigenvalue weighted by molar-refractivity contribution is -0.118. The number of nitrogens with one attached hydrogen (secondary N) is 1. The Bertz CT molecular complexity index is 886. The van der Waals surface area contributed by atoms with E-state index in [4.69, 9.17) is 9.15 Å². The van der Waals surface area contributed by atoms with Gasteiger partial charge >= 0.3 is 0 Å². The molecule has 0 unspecified atom stereocenters. The van der Waals surface area contributed by atoms with Crippen LogP contribution >= 0.6 is 0 Å². The molecule has 1 N–H and O–H groups in total. The van der Waals surface area contributed by atoms with Gasteiger partial charge in [0.1, 0.15) is 11.5 Å². The Labute approximate surface area is 166 Å². The number of hydrogen-bond donors (Lipinski definition) is 1. The normalized spacial score (nSPS) is 11.8. The van der Waals surface area contributed by atoms with E-state index in [0.717, 1.165) is 11.1 Å². The van der Waals surface area contributed by atoms with Gasteiger partial charge in [-0.1, -0.05) is 17.7 Å². The summed E-state index contributed by atoms with van der Waals surface area (Å²) in [6, 6.07) is 7.61. The zero-order chi connectivity index (χ0) is 20.7. The topological polar surface area (TPSA) is 98.5 Å². The van der Waals surface area contributed by atoms with E-state index in [1.54, 1.807) is 6.92 Å². The van der Waals surface area contributed by atoms with Crippen LogP contribution in [0.1, 0.15) is 37.3 Å². The fourth-order valence-corrected chi connectivity index (χ4v) is 3.80. The second-order valence-corrected chi connectivity index (χ2v) is 9.11. The van der Waals surface area contributed by atoms with E-state index in [9.17, 15) is 13.2 Å². The first kappa shape index (κ1) is 22.1. The molecule has 0 atom stereocenters. The highest BCUT2D eigenvalue weighted by Crippen LogP contribution is 2.23. The van der Waals surface area contributed by atoms with E-state index in [1.165, 1.54) is 0 Å². The van der Waals surface area contributed by atoms with Crippen LogP contribution < -0.4 is 5.32 Å². The third kappa shape index (κ3) is 7.09. The molecule has 2 rings (SSSR count). The average molecular weight is 409 g/mol. The molecule has 0 radical (unpaired) electrons. The minimum Gasteiger partial charge on any atom is -0.441 e. The third-order valence-electron chi connectivity index (χ3n) is 3.99. The molecule has 8 heteroatoms. The molecular formula is C20H28N2O5S. The summed E-state index contributed by atoms with van der Waals surface area (Å²) in [7, 11) is -3.65. The molecule has 1 aromatic carbocycles. The Morgan fingerprint density at radius 2 is 1.89 bits per heavy atom. The SMILES string of the molecule is Cc1ccc(-c2nc(CS(=O)(=O)CC(=O)NCCCOC(C)C)c(C)o2)cc1. The molecule has 7 nitrogen and oxygen atoms in total. The molecule has 1 amide bonds. The highest BCUT2D eigenvalue weighted by atomic mass is 32.2. The number of amides is 1. The fraction of sp³-hybridized carbons (Fsp3) is 0.500. The number of carbonyl (C=O) groups is 1. The molecule has 0 aliphatic rings. The fourth-order valence-electron chi connectivity index (χ4n) is 2.51. The molecule has 0 aliphatic heterocycles.